The van der Waals surface area contributed by atoms with Crippen LogP contribution in [0.15, 0.2) is 0 Å². The van der Waals surface area contributed by atoms with Gasteiger partial charge in [-0.05, 0) is 12.8 Å². The minimum atomic E-state index is -0.602. The van der Waals surface area contributed by atoms with E-state index in [1.807, 2.05) is 19.9 Å². The van der Waals surface area contributed by atoms with Gasteiger partial charge in [-0.25, -0.2) is 0 Å². The van der Waals surface area contributed by atoms with Crippen molar-refractivity contribution < 1.29 is 9.53 Å². The van der Waals surface area contributed by atoms with Crippen LogP contribution in [-0.2, 0) is 9.53 Å². The van der Waals surface area contributed by atoms with E-state index in [0.717, 1.165) is 6.42 Å². The number of ether oxygens (including phenoxy) is 1. The number of carbonyl (C=O) groups excluding carboxylic acids is 1. The smallest absolute Gasteiger partial charge is 0.323 e. The van der Waals surface area contributed by atoms with Crippen LogP contribution in [0.1, 0.15) is 27.2 Å². The molecule has 0 N–H and O–H groups in total. The largest absolute Gasteiger partial charge is 0.465 e. The Labute approximate surface area is 73.3 Å². The molecular weight excluding hydrogens is 154 g/mol. The van der Waals surface area contributed by atoms with Crippen molar-refractivity contribution in [2.45, 2.75) is 27.2 Å². The van der Waals surface area contributed by atoms with Crippen molar-refractivity contribution in [1.82, 2.24) is 0 Å². The van der Waals surface area contributed by atoms with Crippen LogP contribution in [0.4, 0.5) is 0 Å². The molecule has 0 bridgehead atoms. The van der Waals surface area contributed by atoms with Crippen LogP contribution in [0.25, 0.3) is 0 Å². The number of hydrogen-bond acceptors (Lipinski definition) is 3. The van der Waals surface area contributed by atoms with Gasteiger partial charge in [0, 0.05) is 0 Å². The molecule has 0 amide bonds. The summed E-state index contributed by atoms with van der Waals surface area (Å²) in [4.78, 5) is 11.1. The van der Waals surface area contributed by atoms with Crippen LogP contribution in [0.2, 0.25) is 0 Å². The maximum Gasteiger partial charge on any atom is 0.323 e. The molecule has 0 aromatic carbocycles. The zero-order valence-electron chi connectivity index (χ0n) is 7.83. The van der Waals surface area contributed by atoms with Crippen molar-refractivity contribution in [3.63, 3.8) is 0 Å². The second-order valence-corrected chi connectivity index (χ2v) is 2.74. The van der Waals surface area contributed by atoms with Gasteiger partial charge in [0.1, 0.15) is 5.92 Å². The van der Waals surface area contributed by atoms with E-state index in [1.54, 1.807) is 6.92 Å². The summed E-state index contributed by atoms with van der Waals surface area (Å²) in [5.74, 6) is -0.918. The Kier molecular flexibility index (Phi) is 5.11. The van der Waals surface area contributed by atoms with Crippen LogP contribution < -0.4 is 0 Å². The van der Waals surface area contributed by atoms with E-state index in [2.05, 4.69) is 0 Å². The molecule has 0 fully saturated rings. The first-order chi connectivity index (χ1) is 5.67. The quantitative estimate of drug-likeness (QED) is 0.602. The fourth-order valence-electron chi connectivity index (χ4n) is 0.880. The molecular formula is C9H15NO2. The van der Waals surface area contributed by atoms with Gasteiger partial charge in [0.15, 0.2) is 0 Å². The van der Waals surface area contributed by atoms with Gasteiger partial charge in [-0.1, -0.05) is 20.3 Å². The number of hydrogen-bond donors (Lipinski definition) is 0. The average molecular weight is 169 g/mol. The van der Waals surface area contributed by atoms with Crippen LogP contribution in [0.5, 0.6) is 0 Å². The van der Waals surface area contributed by atoms with Crippen LogP contribution in [-0.4, -0.2) is 12.6 Å². The third-order valence-corrected chi connectivity index (χ3v) is 1.89. The van der Waals surface area contributed by atoms with E-state index in [-0.39, 0.29) is 5.92 Å². The van der Waals surface area contributed by atoms with Crippen molar-refractivity contribution in [1.29, 1.82) is 5.26 Å². The van der Waals surface area contributed by atoms with Crippen molar-refractivity contribution in [2.24, 2.45) is 11.8 Å². The Bertz CT molecular complexity index is 183. The Balaban J connectivity index is 4.16. The standard InChI is InChI=1S/C9H15NO2/c1-4-7(3)8(6-10)9(11)12-5-2/h7-8H,4-5H2,1-3H3/t7-,8-/m1/s1. The van der Waals surface area contributed by atoms with Crippen molar-refractivity contribution in [3.8, 4) is 6.07 Å². The van der Waals surface area contributed by atoms with E-state index in [4.69, 9.17) is 10.00 Å². The first kappa shape index (κ1) is 11.0. The number of rotatable bonds is 4. The fraction of sp³-hybridized carbons (Fsp3) is 0.778. The molecule has 0 radical (unpaired) electrons. The van der Waals surface area contributed by atoms with E-state index in [9.17, 15) is 4.79 Å². The Morgan fingerprint density at radius 2 is 2.17 bits per heavy atom. The summed E-state index contributed by atoms with van der Waals surface area (Å²) in [6.07, 6.45) is 0.817. The lowest BCUT2D eigenvalue weighted by atomic mass is 9.93. The fourth-order valence-corrected chi connectivity index (χ4v) is 0.880. The second-order valence-electron chi connectivity index (χ2n) is 2.74. The highest BCUT2D eigenvalue weighted by molar-refractivity contribution is 5.75. The third-order valence-electron chi connectivity index (χ3n) is 1.89. The summed E-state index contributed by atoms with van der Waals surface area (Å²) in [5, 5.41) is 8.67. The highest BCUT2D eigenvalue weighted by Gasteiger charge is 2.24. The summed E-state index contributed by atoms with van der Waals surface area (Å²) in [6.45, 7) is 5.91. The van der Waals surface area contributed by atoms with Gasteiger partial charge < -0.3 is 4.74 Å². The molecule has 12 heavy (non-hydrogen) atoms. The van der Waals surface area contributed by atoms with Gasteiger partial charge in [-0.15, -0.1) is 0 Å². The van der Waals surface area contributed by atoms with Crippen molar-refractivity contribution in [2.75, 3.05) is 6.61 Å². The van der Waals surface area contributed by atoms with E-state index < -0.39 is 11.9 Å². The number of esters is 1. The number of nitrogens with zero attached hydrogens (tertiary/aromatic N) is 1. The summed E-state index contributed by atoms with van der Waals surface area (Å²) in [6, 6.07) is 1.96. The second kappa shape index (κ2) is 5.59. The molecule has 68 valence electrons. The lowest BCUT2D eigenvalue weighted by Crippen LogP contribution is -2.22. The molecule has 2 atom stereocenters. The topological polar surface area (TPSA) is 50.1 Å². The van der Waals surface area contributed by atoms with Gasteiger partial charge in [0.05, 0.1) is 12.7 Å². The van der Waals surface area contributed by atoms with Crippen LogP contribution in [0.3, 0.4) is 0 Å². The molecule has 3 heteroatoms. The molecule has 0 aromatic rings. The summed E-state index contributed by atoms with van der Waals surface area (Å²) in [5.41, 5.74) is 0. The zero-order chi connectivity index (χ0) is 9.56. The highest BCUT2D eigenvalue weighted by atomic mass is 16.5. The normalized spacial score (nSPS) is 14.5. The molecule has 0 aromatic heterocycles. The molecule has 0 aliphatic heterocycles. The lowest BCUT2D eigenvalue weighted by molar-refractivity contribution is -0.147. The summed E-state index contributed by atoms with van der Waals surface area (Å²) < 4.78 is 4.76. The molecule has 0 spiro atoms. The molecule has 0 unspecified atom stereocenters. The molecule has 0 heterocycles. The number of carbonyl (C=O) groups is 1. The van der Waals surface area contributed by atoms with E-state index in [1.165, 1.54) is 0 Å². The highest BCUT2D eigenvalue weighted by Crippen LogP contribution is 2.15. The van der Waals surface area contributed by atoms with Gasteiger partial charge in [0.25, 0.3) is 0 Å². The monoisotopic (exact) mass is 169 g/mol. The summed E-state index contributed by atoms with van der Waals surface area (Å²) in [7, 11) is 0. The Hall–Kier alpha value is -1.04. The number of nitriles is 1. The molecule has 0 aliphatic carbocycles. The minimum absolute atomic E-state index is 0.0778. The first-order valence-corrected chi connectivity index (χ1v) is 4.23. The SMILES string of the molecule is CCOC(=O)[C@H](C#N)[C@H](C)CC. The third kappa shape index (κ3) is 2.91. The van der Waals surface area contributed by atoms with E-state index in [0.29, 0.717) is 6.61 Å². The Morgan fingerprint density at radius 1 is 1.58 bits per heavy atom. The molecule has 0 aliphatic rings. The summed E-state index contributed by atoms with van der Waals surface area (Å²) >= 11 is 0. The molecule has 3 nitrogen and oxygen atoms in total. The molecule has 0 saturated heterocycles. The lowest BCUT2D eigenvalue weighted by Gasteiger charge is -2.13. The Morgan fingerprint density at radius 3 is 2.50 bits per heavy atom. The van der Waals surface area contributed by atoms with Gasteiger partial charge in [0.2, 0.25) is 0 Å². The maximum absolute atomic E-state index is 11.1. The van der Waals surface area contributed by atoms with Gasteiger partial charge in [-0.3, -0.25) is 4.79 Å². The maximum atomic E-state index is 11.1. The van der Waals surface area contributed by atoms with E-state index >= 15 is 0 Å². The predicted octanol–water partition coefficient (Wildman–Crippen LogP) is 1.74. The molecule has 0 rings (SSSR count). The minimum Gasteiger partial charge on any atom is -0.465 e. The average Bonchev–Trinajstić information content (AvgIpc) is 2.06. The molecule has 0 saturated carbocycles. The zero-order valence-corrected chi connectivity index (χ0v) is 7.83. The van der Waals surface area contributed by atoms with Gasteiger partial charge in [-0.2, -0.15) is 5.26 Å². The van der Waals surface area contributed by atoms with Crippen LogP contribution in [0, 0.1) is 23.2 Å². The van der Waals surface area contributed by atoms with Crippen LogP contribution >= 0.6 is 0 Å². The van der Waals surface area contributed by atoms with Crippen molar-refractivity contribution in [3.05, 3.63) is 0 Å². The predicted molar refractivity (Wildman–Crippen MR) is 45.2 cm³/mol. The van der Waals surface area contributed by atoms with Crippen molar-refractivity contribution >= 4 is 5.97 Å². The van der Waals surface area contributed by atoms with Gasteiger partial charge >= 0.3 is 5.97 Å². The first-order valence-electron chi connectivity index (χ1n) is 4.23.